The second kappa shape index (κ2) is 5.76. The molecule has 6 nitrogen and oxygen atoms in total. The molecular formula is C15H9IN2O4. The molecule has 110 valence electrons. The molecule has 0 atom stereocenters. The maximum Gasteiger partial charge on any atom is 0.356 e. The first-order valence-corrected chi connectivity index (χ1v) is 7.31. The molecule has 0 aliphatic heterocycles. The summed E-state index contributed by atoms with van der Waals surface area (Å²) in [4.78, 5) is 22.9. The molecule has 0 amide bonds. The van der Waals surface area contributed by atoms with Crippen LogP contribution in [0.15, 0.2) is 57.9 Å². The number of carbonyl (C=O) groups is 1. The Labute approximate surface area is 138 Å². The van der Waals surface area contributed by atoms with Crippen molar-refractivity contribution in [2.24, 2.45) is 0 Å². The monoisotopic (exact) mass is 408 g/mol. The molecule has 0 saturated carbocycles. The van der Waals surface area contributed by atoms with Crippen molar-refractivity contribution in [3.8, 4) is 16.8 Å². The smallest absolute Gasteiger partial charge is 0.356 e. The Bertz CT molecular complexity index is 914. The first-order valence-electron chi connectivity index (χ1n) is 6.24. The Morgan fingerprint density at radius 2 is 2.05 bits per heavy atom. The summed E-state index contributed by atoms with van der Waals surface area (Å²) in [6.07, 6.45) is 1.58. The maximum atomic E-state index is 11.9. The van der Waals surface area contributed by atoms with E-state index in [0.717, 1.165) is 19.6 Å². The number of halogens is 1. The minimum Gasteiger partial charge on any atom is -0.476 e. The number of hydrogen-bond acceptors (Lipinski definition) is 4. The Kier molecular flexibility index (Phi) is 3.80. The molecule has 0 saturated heterocycles. The van der Waals surface area contributed by atoms with Gasteiger partial charge in [0, 0.05) is 34.2 Å². The molecule has 0 fully saturated rings. The zero-order valence-electron chi connectivity index (χ0n) is 11.1. The zero-order chi connectivity index (χ0) is 15.7. The van der Waals surface area contributed by atoms with Gasteiger partial charge in [-0.25, -0.2) is 4.79 Å². The van der Waals surface area contributed by atoms with E-state index in [1.165, 1.54) is 12.1 Å². The highest BCUT2D eigenvalue weighted by molar-refractivity contribution is 14.1. The molecule has 0 bridgehead atoms. The summed E-state index contributed by atoms with van der Waals surface area (Å²) in [5, 5.41) is 12.9. The van der Waals surface area contributed by atoms with Crippen LogP contribution in [0.25, 0.3) is 16.8 Å². The molecule has 2 heterocycles. The van der Waals surface area contributed by atoms with Gasteiger partial charge < -0.3 is 9.52 Å². The number of aromatic nitrogens is 2. The second-order valence-electron chi connectivity index (χ2n) is 4.43. The topological polar surface area (TPSA) is 85.3 Å². The summed E-state index contributed by atoms with van der Waals surface area (Å²) < 4.78 is 7.06. The lowest BCUT2D eigenvalue weighted by Crippen LogP contribution is -2.22. The van der Waals surface area contributed by atoms with Gasteiger partial charge in [0.2, 0.25) is 0 Å². The van der Waals surface area contributed by atoms with Crippen LogP contribution in [0.2, 0.25) is 0 Å². The van der Waals surface area contributed by atoms with Crippen molar-refractivity contribution in [2.45, 2.75) is 0 Å². The zero-order valence-corrected chi connectivity index (χ0v) is 13.2. The molecule has 3 aromatic rings. The number of hydrogen-bond donors (Lipinski definition) is 1. The fourth-order valence-electron chi connectivity index (χ4n) is 2.02. The van der Waals surface area contributed by atoms with Crippen LogP contribution in [0.3, 0.4) is 0 Å². The molecule has 3 rings (SSSR count). The number of benzene rings is 1. The normalized spacial score (nSPS) is 10.6. The third-order valence-electron chi connectivity index (χ3n) is 3.04. The van der Waals surface area contributed by atoms with Gasteiger partial charge in [-0.15, -0.1) is 0 Å². The molecule has 7 heteroatoms. The number of aromatic carboxylic acids is 1. The predicted molar refractivity (Wildman–Crippen MR) is 87.2 cm³/mol. The summed E-state index contributed by atoms with van der Waals surface area (Å²) in [6, 6.07) is 11.3. The van der Waals surface area contributed by atoms with Crippen LogP contribution < -0.4 is 5.56 Å². The minimum absolute atomic E-state index is 0.192. The van der Waals surface area contributed by atoms with Crippen molar-refractivity contribution in [2.75, 3.05) is 0 Å². The van der Waals surface area contributed by atoms with Gasteiger partial charge in [0.15, 0.2) is 9.46 Å². The minimum atomic E-state index is -1.19. The van der Waals surface area contributed by atoms with Gasteiger partial charge in [0.25, 0.3) is 5.56 Å². The van der Waals surface area contributed by atoms with Crippen LogP contribution in [0.5, 0.6) is 0 Å². The molecular weight excluding hydrogens is 399 g/mol. The van der Waals surface area contributed by atoms with E-state index in [-0.39, 0.29) is 5.69 Å². The summed E-state index contributed by atoms with van der Waals surface area (Å²) in [7, 11) is 0. The number of carboxylic acids is 1. The van der Waals surface area contributed by atoms with E-state index in [9.17, 15) is 9.59 Å². The van der Waals surface area contributed by atoms with Gasteiger partial charge in [-0.2, -0.15) is 9.78 Å². The standard InChI is InChI=1S/C15H9IN2O4/c16-14-11(6-7-22-14)9-2-1-3-10(8-9)18-13(19)5-4-12(17-18)15(20)21/h1-8H,(H,20,21). The lowest BCUT2D eigenvalue weighted by molar-refractivity contribution is 0.0688. The van der Waals surface area contributed by atoms with Gasteiger partial charge >= 0.3 is 5.97 Å². The number of nitrogens with zero attached hydrogens (tertiary/aromatic N) is 2. The quantitative estimate of drug-likeness (QED) is 0.674. The third-order valence-corrected chi connectivity index (χ3v) is 3.87. The Morgan fingerprint density at radius 1 is 1.23 bits per heavy atom. The van der Waals surface area contributed by atoms with Gasteiger partial charge in [-0.3, -0.25) is 4.79 Å². The van der Waals surface area contributed by atoms with Crippen molar-refractivity contribution in [1.29, 1.82) is 0 Å². The van der Waals surface area contributed by atoms with Crippen molar-refractivity contribution >= 4 is 28.6 Å². The van der Waals surface area contributed by atoms with E-state index in [1.807, 2.05) is 12.1 Å². The molecule has 0 radical (unpaired) electrons. The van der Waals surface area contributed by atoms with E-state index >= 15 is 0 Å². The van der Waals surface area contributed by atoms with E-state index < -0.39 is 11.5 Å². The average Bonchev–Trinajstić information content (AvgIpc) is 2.94. The first kappa shape index (κ1) is 14.5. The van der Waals surface area contributed by atoms with Crippen molar-refractivity contribution in [3.63, 3.8) is 0 Å². The van der Waals surface area contributed by atoms with Crippen molar-refractivity contribution in [1.82, 2.24) is 9.78 Å². The fraction of sp³-hybridized carbons (Fsp3) is 0. The Hall–Kier alpha value is -2.42. The van der Waals surface area contributed by atoms with Gasteiger partial charge in [-0.05, 0) is 29.8 Å². The Balaban J connectivity index is 2.14. The fourth-order valence-corrected chi connectivity index (χ4v) is 2.65. The highest BCUT2D eigenvalue weighted by atomic mass is 127. The highest BCUT2D eigenvalue weighted by Crippen LogP contribution is 2.27. The van der Waals surface area contributed by atoms with E-state index in [0.29, 0.717) is 5.69 Å². The molecule has 0 spiro atoms. The van der Waals surface area contributed by atoms with Gasteiger partial charge in [0.1, 0.15) is 0 Å². The molecule has 22 heavy (non-hydrogen) atoms. The summed E-state index contributed by atoms with van der Waals surface area (Å²) in [6.45, 7) is 0. The second-order valence-corrected chi connectivity index (χ2v) is 5.41. The number of furan rings is 1. The van der Waals surface area contributed by atoms with Gasteiger partial charge in [0.05, 0.1) is 12.0 Å². The Morgan fingerprint density at radius 3 is 2.73 bits per heavy atom. The first-order chi connectivity index (χ1) is 10.6. The molecule has 0 aliphatic carbocycles. The molecule has 2 aromatic heterocycles. The molecule has 0 unspecified atom stereocenters. The summed E-state index contributed by atoms with van der Waals surface area (Å²) >= 11 is 2.08. The lowest BCUT2D eigenvalue weighted by Gasteiger charge is -2.07. The molecule has 1 aromatic carbocycles. The lowest BCUT2D eigenvalue weighted by atomic mass is 10.1. The number of carboxylic acid groups (broad SMARTS) is 1. The van der Waals surface area contributed by atoms with Crippen LogP contribution in [-0.4, -0.2) is 20.9 Å². The largest absolute Gasteiger partial charge is 0.476 e. The van der Waals surface area contributed by atoms with Crippen LogP contribution in [0.1, 0.15) is 10.5 Å². The SMILES string of the molecule is O=C(O)c1ccc(=O)n(-c2cccc(-c3ccoc3I)c2)n1. The van der Waals surface area contributed by atoms with Crippen molar-refractivity contribution < 1.29 is 14.3 Å². The van der Waals surface area contributed by atoms with Crippen LogP contribution >= 0.6 is 22.6 Å². The highest BCUT2D eigenvalue weighted by Gasteiger charge is 2.11. The van der Waals surface area contributed by atoms with E-state index in [4.69, 9.17) is 9.52 Å². The van der Waals surface area contributed by atoms with E-state index in [2.05, 4.69) is 27.7 Å². The molecule has 1 N–H and O–H groups in total. The van der Waals surface area contributed by atoms with Crippen LogP contribution in [-0.2, 0) is 0 Å². The molecule has 0 aliphatic rings. The number of rotatable bonds is 3. The van der Waals surface area contributed by atoms with Crippen LogP contribution in [0.4, 0.5) is 0 Å². The predicted octanol–water partition coefficient (Wildman–Crippen LogP) is 2.80. The summed E-state index contributed by atoms with van der Waals surface area (Å²) in [5.74, 6) is -1.19. The van der Waals surface area contributed by atoms with Gasteiger partial charge in [-0.1, -0.05) is 12.1 Å². The maximum absolute atomic E-state index is 11.9. The summed E-state index contributed by atoms with van der Waals surface area (Å²) in [5.41, 5.74) is 1.64. The average molecular weight is 408 g/mol. The van der Waals surface area contributed by atoms with Crippen molar-refractivity contribution in [3.05, 3.63) is 68.5 Å². The third kappa shape index (κ3) is 2.67. The van der Waals surface area contributed by atoms with E-state index in [1.54, 1.807) is 24.5 Å². The van der Waals surface area contributed by atoms with Crippen LogP contribution in [0, 0.1) is 3.77 Å².